The molecule has 1 heterocycles. The first-order valence-electron chi connectivity index (χ1n) is 9.43. The molecule has 0 saturated carbocycles. The lowest BCUT2D eigenvalue weighted by molar-refractivity contribution is -0.136. The topological polar surface area (TPSA) is 67.9 Å². The van der Waals surface area contributed by atoms with Crippen LogP contribution in [-0.2, 0) is 9.59 Å². The van der Waals surface area contributed by atoms with Crippen LogP contribution in [0.3, 0.4) is 0 Å². The van der Waals surface area contributed by atoms with Crippen molar-refractivity contribution in [1.82, 2.24) is 4.90 Å². The Balaban J connectivity index is 2.02. The lowest BCUT2D eigenvalue weighted by atomic mass is 10.0. The van der Waals surface area contributed by atoms with Crippen LogP contribution >= 0.6 is 0 Å². The summed E-state index contributed by atoms with van der Waals surface area (Å²) in [6.07, 6.45) is 0. The molecule has 1 aliphatic rings. The molecule has 0 fully saturated rings. The number of rotatable bonds is 8. The number of nitrogens with zero attached hydrogens (tertiary/aromatic N) is 1. The average molecular weight is 380 g/mol. The van der Waals surface area contributed by atoms with E-state index in [0.717, 1.165) is 0 Å². The minimum atomic E-state index is -0.335. The van der Waals surface area contributed by atoms with E-state index >= 15 is 0 Å². The molecule has 2 aromatic rings. The largest absolute Gasteiger partial charge is 0.490 e. The van der Waals surface area contributed by atoms with E-state index < -0.39 is 0 Å². The molecule has 0 aromatic heterocycles. The van der Waals surface area contributed by atoms with Crippen molar-refractivity contribution >= 4 is 23.1 Å². The summed E-state index contributed by atoms with van der Waals surface area (Å²) in [6, 6.07) is 14.6. The van der Waals surface area contributed by atoms with E-state index in [9.17, 15) is 9.59 Å². The Labute approximate surface area is 164 Å². The third-order valence-electron chi connectivity index (χ3n) is 4.36. The lowest BCUT2D eigenvalue weighted by Crippen LogP contribution is -2.32. The number of amides is 2. The van der Waals surface area contributed by atoms with Gasteiger partial charge in [0.05, 0.1) is 18.8 Å². The normalized spacial score (nSPS) is 13.9. The molecule has 6 heteroatoms. The fraction of sp³-hybridized carbons (Fsp3) is 0.273. The summed E-state index contributed by atoms with van der Waals surface area (Å²) < 4.78 is 11.2. The van der Waals surface area contributed by atoms with E-state index in [2.05, 4.69) is 5.32 Å². The van der Waals surface area contributed by atoms with Gasteiger partial charge in [-0.2, -0.15) is 0 Å². The Morgan fingerprint density at radius 3 is 2.18 bits per heavy atom. The number of carbonyl (C=O) groups is 2. The predicted molar refractivity (Wildman–Crippen MR) is 108 cm³/mol. The molecule has 0 bridgehead atoms. The highest BCUT2D eigenvalue weighted by Crippen LogP contribution is 2.34. The van der Waals surface area contributed by atoms with Crippen LogP contribution in [0.2, 0.25) is 0 Å². The van der Waals surface area contributed by atoms with E-state index in [-0.39, 0.29) is 17.5 Å². The molecule has 0 unspecified atom stereocenters. The Morgan fingerprint density at radius 2 is 1.54 bits per heavy atom. The maximum Gasteiger partial charge on any atom is 0.278 e. The number of imide groups is 1. The first kappa shape index (κ1) is 19.5. The fourth-order valence-electron chi connectivity index (χ4n) is 3.13. The van der Waals surface area contributed by atoms with Gasteiger partial charge in [-0.25, -0.2) is 0 Å². The van der Waals surface area contributed by atoms with Gasteiger partial charge in [0.2, 0.25) is 0 Å². The van der Waals surface area contributed by atoms with Gasteiger partial charge in [0.15, 0.2) is 11.5 Å². The van der Waals surface area contributed by atoms with Gasteiger partial charge in [-0.1, -0.05) is 30.3 Å². The van der Waals surface area contributed by atoms with E-state index in [1.807, 2.05) is 44.2 Å². The molecule has 0 saturated heterocycles. The van der Waals surface area contributed by atoms with E-state index in [0.29, 0.717) is 48.1 Å². The number of ether oxygens (including phenoxy) is 2. The van der Waals surface area contributed by atoms with E-state index in [1.54, 1.807) is 25.1 Å². The highest BCUT2D eigenvalue weighted by molar-refractivity contribution is 6.36. The van der Waals surface area contributed by atoms with Crippen molar-refractivity contribution in [2.75, 3.05) is 25.1 Å². The molecule has 1 N–H and O–H groups in total. The molecule has 6 nitrogen and oxygen atoms in total. The quantitative estimate of drug-likeness (QED) is 0.708. The second kappa shape index (κ2) is 8.61. The Hall–Kier alpha value is -3.28. The number of hydrogen-bond acceptors (Lipinski definition) is 5. The first-order chi connectivity index (χ1) is 13.6. The molecular weight excluding hydrogens is 356 g/mol. The highest BCUT2D eigenvalue weighted by Gasteiger charge is 2.38. The maximum atomic E-state index is 12.8. The smallest absolute Gasteiger partial charge is 0.278 e. The number of nitrogens with one attached hydrogen (secondary N) is 1. The van der Waals surface area contributed by atoms with Crippen LogP contribution < -0.4 is 14.8 Å². The van der Waals surface area contributed by atoms with Crippen molar-refractivity contribution in [1.29, 1.82) is 0 Å². The summed E-state index contributed by atoms with van der Waals surface area (Å²) >= 11 is 0. The van der Waals surface area contributed by atoms with Crippen LogP contribution in [0.25, 0.3) is 5.57 Å². The summed E-state index contributed by atoms with van der Waals surface area (Å²) in [4.78, 5) is 26.9. The van der Waals surface area contributed by atoms with Gasteiger partial charge >= 0.3 is 0 Å². The van der Waals surface area contributed by atoms with Gasteiger partial charge in [0.1, 0.15) is 5.70 Å². The minimum absolute atomic E-state index is 0.268. The molecule has 0 atom stereocenters. The third kappa shape index (κ3) is 3.71. The van der Waals surface area contributed by atoms with Crippen LogP contribution in [0.4, 0.5) is 5.69 Å². The van der Waals surface area contributed by atoms with E-state index in [4.69, 9.17) is 9.47 Å². The Morgan fingerprint density at radius 1 is 0.857 bits per heavy atom. The highest BCUT2D eigenvalue weighted by atomic mass is 16.5. The Bertz CT molecular complexity index is 906. The number of hydrogen-bond donors (Lipinski definition) is 1. The summed E-state index contributed by atoms with van der Waals surface area (Å²) in [5.74, 6) is 0.590. The molecule has 3 rings (SSSR count). The number of anilines is 1. The molecule has 0 spiro atoms. The lowest BCUT2D eigenvalue weighted by Gasteiger charge is -2.14. The summed E-state index contributed by atoms with van der Waals surface area (Å²) in [7, 11) is 0. The van der Waals surface area contributed by atoms with Gasteiger partial charge in [0.25, 0.3) is 11.8 Å². The van der Waals surface area contributed by atoms with Gasteiger partial charge in [0, 0.05) is 18.3 Å². The van der Waals surface area contributed by atoms with Gasteiger partial charge in [-0.3, -0.25) is 14.5 Å². The molecule has 146 valence electrons. The minimum Gasteiger partial charge on any atom is -0.490 e. The van der Waals surface area contributed by atoms with Crippen molar-refractivity contribution in [2.45, 2.75) is 20.8 Å². The first-order valence-corrected chi connectivity index (χ1v) is 9.43. The van der Waals surface area contributed by atoms with Crippen molar-refractivity contribution in [3.63, 3.8) is 0 Å². The van der Waals surface area contributed by atoms with Crippen LogP contribution in [-0.4, -0.2) is 36.5 Å². The number of carbonyl (C=O) groups excluding carboxylic acids is 2. The molecule has 28 heavy (non-hydrogen) atoms. The second-order valence-electron chi connectivity index (χ2n) is 6.12. The third-order valence-corrected chi connectivity index (χ3v) is 4.36. The van der Waals surface area contributed by atoms with Gasteiger partial charge in [-0.15, -0.1) is 0 Å². The standard InChI is InChI=1S/C22H24N2O4/c1-4-24-21(25)19(15-10-8-7-9-11-15)20(22(24)26)23-16-12-13-17(27-5-2)18(14-16)28-6-3/h7-14,23H,4-6H2,1-3H3. The molecule has 2 aromatic carbocycles. The molecule has 1 aliphatic heterocycles. The zero-order valence-corrected chi connectivity index (χ0v) is 16.3. The van der Waals surface area contributed by atoms with Gasteiger partial charge < -0.3 is 14.8 Å². The number of benzene rings is 2. The van der Waals surface area contributed by atoms with Crippen molar-refractivity contribution < 1.29 is 19.1 Å². The van der Waals surface area contributed by atoms with Crippen LogP contribution in [0.15, 0.2) is 54.2 Å². The summed E-state index contributed by atoms with van der Waals surface area (Å²) in [5, 5.41) is 3.13. The van der Waals surface area contributed by atoms with Crippen LogP contribution in [0, 0.1) is 0 Å². The molecule has 0 radical (unpaired) electrons. The molecule has 2 amide bonds. The van der Waals surface area contributed by atoms with E-state index in [1.165, 1.54) is 4.90 Å². The fourth-order valence-corrected chi connectivity index (χ4v) is 3.13. The average Bonchev–Trinajstić information content (AvgIpc) is 2.94. The number of likely N-dealkylation sites (N-methyl/N-ethyl adjacent to an activating group) is 1. The van der Waals surface area contributed by atoms with Crippen LogP contribution in [0.1, 0.15) is 26.3 Å². The zero-order chi connectivity index (χ0) is 20.1. The van der Waals surface area contributed by atoms with Crippen molar-refractivity contribution in [2.24, 2.45) is 0 Å². The van der Waals surface area contributed by atoms with Crippen molar-refractivity contribution in [3.8, 4) is 11.5 Å². The summed E-state index contributed by atoms with van der Waals surface area (Å²) in [6.45, 7) is 6.90. The monoisotopic (exact) mass is 380 g/mol. The summed E-state index contributed by atoms with van der Waals surface area (Å²) in [5.41, 5.74) is 1.99. The SMILES string of the molecule is CCOc1ccc(NC2=C(c3ccccc3)C(=O)N(CC)C2=O)cc1OCC. The van der Waals surface area contributed by atoms with Gasteiger partial charge in [-0.05, 0) is 38.5 Å². The van der Waals surface area contributed by atoms with Crippen LogP contribution in [0.5, 0.6) is 11.5 Å². The molecule has 0 aliphatic carbocycles. The zero-order valence-electron chi connectivity index (χ0n) is 16.3. The Kier molecular flexibility index (Phi) is 5.99. The second-order valence-corrected chi connectivity index (χ2v) is 6.12. The van der Waals surface area contributed by atoms with Crippen molar-refractivity contribution in [3.05, 3.63) is 59.8 Å². The molecular formula is C22H24N2O4. The maximum absolute atomic E-state index is 12.8. The predicted octanol–water partition coefficient (Wildman–Crippen LogP) is 3.70.